The van der Waals surface area contributed by atoms with Gasteiger partial charge in [-0.3, -0.25) is 0 Å². The van der Waals surface area contributed by atoms with E-state index in [2.05, 4.69) is 28.8 Å². The average Bonchev–Trinajstić information content (AvgIpc) is 2.44. The second-order valence-electron chi connectivity index (χ2n) is 4.34. The maximum absolute atomic E-state index is 8.71. The summed E-state index contributed by atoms with van der Waals surface area (Å²) in [4.78, 5) is 0. The second kappa shape index (κ2) is 7.07. The summed E-state index contributed by atoms with van der Waals surface area (Å²) in [6, 6.07) is 14.3. The Morgan fingerprint density at radius 3 is 2.68 bits per heavy atom. The van der Waals surface area contributed by atoms with Crippen LogP contribution >= 0.6 is 12.2 Å². The summed E-state index contributed by atoms with van der Waals surface area (Å²) in [5.41, 5.74) is 1.01. The number of rotatable bonds is 5. The molecule has 0 unspecified atom stereocenters. The fraction of sp³-hybridized carbons (Fsp3) is 0.267. The Hall–Kier alpha value is -1.65. The molecule has 0 spiro atoms. The smallest absolute Gasteiger partial charge is 0.170 e. The maximum Gasteiger partial charge on any atom is 0.170 e. The largest absolute Gasteiger partial charge is 0.396 e. The molecule has 0 saturated heterocycles. The number of unbranched alkanes of at least 4 members (excludes halogenated alkanes) is 1. The van der Waals surface area contributed by atoms with E-state index in [-0.39, 0.29) is 6.61 Å². The molecular weight excluding hydrogens is 256 g/mol. The lowest BCUT2D eigenvalue weighted by Crippen LogP contribution is -2.29. The first-order valence-corrected chi connectivity index (χ1v) is 6.85. The van der Waals surface area contributed by atoms with Crippen LogP contribution in [0, 0.1) is 0 Å². The highest BCUT2D eigenvalue weighted by atomic mass is 32.1. The Bertz CT molecular complexity index is 551. The normalized spacial score (nSPS) is 10.4. The molecule has 0 aromatic heterocycles. The van der Waals surface area contributed by atoms with Gasteiger partial charge in [-0.05, 0) is 36.5 Å². The molecule has 0 aliphatic heterocycles. The highest BCUT2D eigenvalue weighted by molar-refractivity contribution is 7.80. The summed E-state index contributed by atoms with van der Waals surface area (Å²) in [6.07, 6.45) is 1.71. The Labute approximate surface area is 118 Å². The van der Waals surface area contributed by atoms with Crippen LogP contribution in [0.1, 0.15) is 12.8 Å². The summed E-state index contributed by atoms with van der Waals surface area (Å²) >= 11 is 5.26. The summed E-state index contributed by atoms with van der Waals surface area (Å²) in [5, 5.41) is 18.0. The molecule has 0 aliphatic carbocycles. The molecule has 2 aromatic rings. The third kappa shape index (κ3) is 3.91. The van der Waals surface area contributed by atoms with Gasteiger partial charge in [0.2, 0.25) is 0 Å². The van der Waals surface area contributed by atoms with E-state index in [0.29, 0.717) is 5.11 Å². The number of fused-ring (bicyclic) bond motifs is 1. The minimum atomic E-state index is 0.227. The van der Waals surface area contributed by atoms with Crippen molar-refractivity contribution < 1.29 is 5.11 Å². The molecule has 0 bridgehead atoms. The molecule has 0 aliphatic rings. The zero-order valence-electron chi connectivity index (χ0n) is 10.7. The lowest BCUT2D eigenvalue weighted by Gasteiger charge is -2.12. The molecule has 0 atom stereocenters. The standard InChI is InChI=1S/C15H18N2OS/c18-11-4-3-10-16-15(19)17-14-9-5-7-12-6-1-2-8-13(12)14/h1-2,5-9,18H,3-4,10-11H2,(H2,16,17,19). The molecule has 4 heteroatoms. The SMILES string of the molecule is OCCCCNC(=S)Nc1cccc2ccccc12. The van der Waals surface area contributed by atoms with Gasteiger partial charge in [0.15, 0.2) is 5.11 Å². The van der Waals surface area contributed by atoms with Crippen LogP contribution < -0.4 is 10.6 Å². The number of anilines is 1. The van der Waals surface area contributed by atoms with E-state index < -0.39 is 0 Å². The third-order valence-electron chi connectivity index (χ3n) is 2.91. The first-order valence-electron chi connectivity index (χ1n) is 6.45. The van der Waals surface area contributed by atoms with Crippen molar-refractivity contribution >= 4 is 33.8 Å². The molecule has 100 valence electrons. The monoisotopic (exact) mass is 274 g/mol. The highest BCUT2D eigenvalue weighted by Gasteiger charge is 2.01. The Morgan fingerprint density at radius 2 is 1.84 bits per heavy atom. The van der Waals surface area contributed by atoms with Crippen LogP contribution in [0.25, 0.3) is 10.8 Å². The number of aliphatic hydroxyl groups excluding tert-OH is 1. The zero-order valence-corrected chi connectivity index (χ0v) is 11.5. The van der Waals surface area contributed by atoms with Gasteiger partial charge < -0.3 is 15.7 Å². The zero-order chi connectivity index (χ0) is 13.5. The Balaban J connectivity index is 1.99. The van der Waals surface area contributed by atoms with Gasteiger partial charge in [0.05, 0.1) is 0 Å². The number of hydrogen-bond donors (Lipinski definition) is 3. The van der Waals surface area contributed by atoms with E-state index in [0.717, 1.165) is 30.5 Å². The molecule has 19 heavy (non-hydrogen) atoms. The minimum Gasteiger partial charge on any atom is -0.396 e. The van der Waals surface area contributed by atoms with Gasteiger partial charge in [0.1, 0.15) is 0 Å². The molecule has 0 radical (unpaired) electrons. The molecule has 0 saturated carbocycles. The van der Waals surface area contributed by atoms with Gasteiger partial charge in [-0.15, -0.1) is 0 Å². The molecule has 0 fully saturated rings. The van der Waals surface area contributed by atoms with Crippen molar-refractivity contribution in [3.8, 4) is 0 Å². The fourth-order valence-electron chi connectivity index (χ4n) is 1.94. The van der Waals surface area contributed by atoms with E-state index in [1.165, 1.54) is 5.39 Å². The number of nitrogens with one attached hydrogen (secondary N) is 2. The van der Waals surface area contributed by atoms with Crippen molar-refractivity contribution in [1.29, 1.82) is 0 Å². The Morgan fingerprint density at radius 1 is 1.05 bits per heavy atom. The summed E-state index contributed by atoms with van der Waals surface area (Å²) in [5.74, 6) is 0. The molecule has 2 aromatic carbocycles. The first kappa shape index (κ1) is 13.8. The van der Waals surface area contributed by atoms with Gasteiger partial charge >= 0.3 is 0 Å². The lowest BCUT2D eigenvalue weighted by molar-refractivity contribution is 0.285. The van der Waals surface area contributed by atoms with E-state index in [1.54, 1.807) is 0 Å². The lowest BCUT2D eigenvalue weighted by atomic mass is 10.1. The van der Waals surface area contributed by atoms with Gasteiger partial charge in [0, 0.05) is 24.2 Å². The van der Waals surface area contributed by atoms with Crippen LogP contribution in [0.5, 0.6) is 0 Å². The summed E-state index contributed by atoms with van der Waals surface area (Å²) in [7, 11) is 0. The molecule has 3 N–H and O–H groups in total. The van der Waals surface area contributed by atoms with Crippen LogP contribution in [0.15, 0.2) is 42.5 Å². The number of hydrogen-bond acceptors (Lipinski definition) is 2. The van der Waals surface area contributed by atoms with Crippen LogP contribution in [0.4, 0.5) is 5.69 Å². The van der Waals surface area contributed by atoms with Gasteiger partial charge in [-0.2, -0.15) is 0 Å². The van der Waals surface area contributed by atoms with Crippen molar-refractivity contribution in [2.75, 3.05) is 18.5 Å². The van der Waals surface area contributed by atoms with Gasteiger partial charge in [-0.1, -0.05) is 36.4 Å². The van der Waals surface area contributed by atoms with Crippen LogP contribution in [0.2, 0.25) is 0 Å². The first-order chi connectivity index (χ1) is 9.31. The van der Waals surface area contributed by atoms with Crippen LogP contribution in [-0.4, -0.2) is 23.4 Å². The van der Waals surface area contributed by atoms with Gasteiger partial charge in [0.25, 0.3) is 0 Å². The van der Waals surface area contributed by atoms with Gasteiger partial charge in [-0.25, -0.2) is 0 Å². The predicted octanol–water partition coefficient (Wildman–Crippen LogP) is 2.90. The van der Waals surface area contributed by atoms with E-state index in [1.807, 2.05) is 24.3 Å². The predicted molar refractivity (Wildman–Crippen MR) is 84.5 cm³/mol. The average molecular weight is 274 g/mol. The van der Waals surface area contributed by atoms with Crippen molar-refractivity contribution in [3.05, 3.63) is 42.5 Å². The van der Waals surface area contributed by atoms with Crippen LogP contribution in [0.3, 0.4) is 0 Å². The van der Waals surface area contributed by atoms with Crippen molar-refractivity contribution in [2.45, 2.75) is 12.8 Å². The molecule has 0 amide bonds. The molecule has 0 heterocycles. The number of aliphatic hydroxyl groups is 1. The third-order valence-corrected chi connectivity index (χ3v) is 3.15. The topological polar surface area (TPSA) is 44.3 Å². The van der Waals surface area contributed by atoms with Crippen molar-refractivity contribution in [2.24, 2.45) is 0 Å². The van der Waals surface area contributed by atoms with Crippen molar-refractivity contribution in [1.82, 2.24) is 5.32 Å². The Kier molecular flexibility index (Phi) is 5.12. The summed E-state index contributed by atoms with van der Waals surface area (Å²) in [6.45, 7) is 1.00. The summed E-state index contributed by atoms with van der Waals surface area (Å²) < 4.78 is 0. The van der Waals surface area contributed by atoms with Crippen LogP contribution in [-0.2, 0) is 0 Å². The number of thiocarbonyl (C=S) groups is 1. The number of benzene rings is 2. The fourth-order valence-corrected chi connectivity index (χ4v) is 2.15. The van der Waals surface area contributed by atoms with E-state index in [4.69, 9.17) is 17.3 Å². The molecule has 2 rings (SSSR count). The maximum atomic E-state index is 8.71. The minimum absolute atomic E-state index is 0.227. The molecular formula is C15H18N2OS. The van der Waals surface area contributed by atoms with Crippen molar-refractivity contribution in [3.63, 3.8) is 0 Å². The molecule has 3 nitrogen and oxygen atoms in total. The van der Waals surface area contributed by atoms with E-state index >= 15 is 0 Å². The second-order valence-corrected chi connectivity index (χ2v) is 4.75. The quantitative estimate of drug-likeness (QED) is 0.579. The van der Waals surface area contributed by atoms with E-state index in [9.17, 15) is 0 Å². The highest BCUT2D eigenvalue weighted by Crippen LogP contribution is 2.22.